The number of aromatic amines is 1. The monoisotopic (exact) mass is 371 g/mol. The van der Waals surface area contributed by atoms with Crippen molar-refractivity contribution < 1.29 is 4.92 Å². The van der Waals surface area contributed by atoms with E-state index in [1.54, 1.807) is 18.3 Å². The number of nitro benzene ring substituents is 1. The molecule has 0 bridgehead atoms. The van der Waals surface area contributed by atoms with Crippen LogP contribution in [0.25, 0.3) is 22.4 Å². The molecule has 7 heteroatoms. The van der Waals surface area contributed by atoms with Crippen molar-refractivity contribution in [2.24, 2.45) is 0 Å². The minimum absolute atomic E-state index is 0.00833. The SMILES string of the molecule is Cc1[nH]cc(-c2ccccc2)c1-c1ccnc(Nc2cccc([N+](=O)[O-])c2)n1. The number of non-ortho nitro benzene ring substituents is 1. The topological polar surface area (TPSA) is 96.7 Å². The summed E-state index contributed by atoms with van der Waals surface area (Å²) in [5.41, 5.74) is 5.47. The summed E-state index contributed by atoms with van der Waals surface area (Å²) in [6, 6.07) is 18.2. The minimum atomic E-state index is -0.433. The Morgan fingerprint density at radius 2 is 1.89 bits per heavy atom. The lowest BCUT2D eigenvalue weighted by Gasteiger charge is -2.09. The molecular weight excluding hydrogens is 354 g/mol. The second-order valence-electron chi connectivity index (χ2n) is 6.27. The zero-order valence-corrected chi connectivity index (χ0v) is 15.1. The van der Waals surface area contributed by atoms with Gasteiger partial charge in [0.2, 0.25) is 5.95 Å². The van der Waals surface area contributed by atoms with Gasteiger partial charge in [-0.25, -0.2) is 9.97 Å². The molecule has 0 atom stereocenters. The van der Waals surface area contributed by atoms with E-state index in [-0.39, 0.29) is 5.69 Å². The summed E-state index contributed by atoms with van der Waals surface area (Å²) in [6.45, 7) is 2.00. The third kappa shape index (κ3) is 3.45. The van der Waals surface area contributed by atoms with E-state index in [4.69, 9.17) is 0 Å². The fourth-order valence-corrected chi connectivity index (χ4v) is 3.09. The van der Waals surface area contributed by atoms with E-state index >= 15 is 0 Å². The Hall–Kier alpha value is -4.00. The molecular formula is C21H17N5O2. The largest absolute Gasteiger partial charge is 0.364 e. The van der Waals surface area contributed by atoms with Crippen molar-refractivity contribution in [2.75, 3.05) is 5.32 Å². The number of hydrogen-bond acceptors (Lipinski definition) is 5. The predicted molar refractivity (Wildman–Crippen MR) is 108 cm³/mol. The van der Waals surface area contributed by atoms with Crippen LogP contribution in [0.1, 0.15) is 5.69 Å². The van der Waals surface area contributed by atoms with Gasteiger partial charge in [0.15, 0.2) is 0 Å². The van der Waals surface area contributed by atoms with E-state index in [1.165, 1.54) is 12.1 Å². The molecule has 0 saturated carbocycles. The van der Waals surface area contributed by atoms with Gasteiger partial charge in [0.25, 0.3) is 5.69 Å². The molecule has 7 nitrogen and oxygen atoms in total. The Morgan fingerprint density at radius 3 is 2.68 bits per heavy atom. The maximum Gasteiger partial charge on any atom is 0.271 e. The smallest absolute Gasteiger partial charge is 0.271 e. The van der Waals surface area contributed by atoms with E-state index in [9.17, 15) is 10.1 Å². The van der Waals surface area contributed by atoms with Gasteiger partial charge in [-0.05, 0) is 24.6 Å². The summed E-state index contributed by atoms with van der Waals surface area (Å²) in [6.07, 6.45) is 3.64. The molecule has 2 heterocycles. The van der Waals surface area contributed by atoms with Gasteiger partial charge < -0.3 is 10.3 Å². The summed E-state index contributed by atoms with van der Waals surface area (Å²) in [4.78, 5) is 22.7. The van der Waals surface area contributed by atoms with Crippen LogP contribution < -0.4 is 5.32 Å². The molecule has 0 unspecified atom stereocenters. The third-order valence-electron chi connectivity index (χ3n) is 4.39. The van der Waals surface area contributed by atoms with Gasteiger partial charge in [-0.2, -0.15) is 0 Å². The fourth-order valence-electron chi connectivity index (χ4n) is 3.09. The molecule has 0 fully saturated rings. The van der Waals surface area contributed by atoms with Gasteiger partial charge in [-0.15, -0.1) is 0 Å². The van der Waals surface area contributed by atoms with Crippen molar-refractivity contribution in [3.05, 3.63) is 88.9 Å². The van der Waals surface area contributed by atoms with Crippen molar-refractivity contribution in [3.63, 3.8) is 0 Å². The molecule has 4 rings (SSSR count). The van der Waals surface area contributed by atoms with Crippen LogP contribution in [0, 0.1) is 17.0 Å². The third-order valence-corrected chi connectivity index (χ3v) is 4.39. The van der Waals surface area contributed by atoms with E-state index in [0.29, 0.717) is 11.6 Å². The van der Waals surface area contributed by atoms with Crippen molar-refractivity contribution >= 4 is 17.3 Å². The number of H-pyrrole nitrogens is 1. The Balaban J connectivity index is 1.70. The lowest BCUT2D eigenvalue weighted by Crippen LogP contribution is -1.99. The zero-order chi connectivity index (χ0) is 19.5. The van der Waals surface area contributed by atoms with E-state index < -0.39 is 4.92 Å². The molecule has 0 spiro atoms. The maximum atomic E-state index is 11.0. The van der Waals surface area contributed by atoms with E-state index in [2.05, 4.69) is 32.4 Å². The number of anilines is 2. The van der Waals surface area contributed by atoms with Crippen LogP contribution in [0.15, 0.2) is 73.1 Å². The van der Waals surface area contributed by atoms with Gasteiger partial charge in [-0.3, -0.25) is 10.1 Å². The summed E-state index contributed by atoms with van der Waals surface area (Å²) >= 11 is 0. The Morgan fingerprint density at radius 1 is 1.07 bits per heavy atom. The quantitative estimate of drug-likeness (QED) is 0.376. The van der Waals surface area contributed by atoms with Crippen molar-refractivity contribution in [3.8, 4) is 22.4 Å². The number of aryl methyl sites for hydroxylation is 1. The molecule has 4 aromatic rings. The highest BCUT2D eigenvalue weighted by Gasteiger charge is 2.14. The molecule has 0 amide bonds. The first-order chi connectivity index (χ1) is 13.6. The summed E-state index contributed by atoms with van der Waals surface area (Å²) in [7, 11) is 0. The van der Waals surface area contributed by atoms with Crippen LogP contribution in [0.4, 0.5) is 17.3 Å². The first kappa shape index (κ1) is 17.4. The second kappa shape index (κ2) is 7.32. The Labute approximate surface area is 161 Å². The van der Waals surface area contributed by atoms with Gasteiger partial charge in [0.1, 0.15) is 0 Å². The molecule has 0 aliphatic carbocycles. The molecule has 0 aliphatic heterocycles. The van der Waals surface area contributed by atoms with Crippen LogP contribution in [0.2, 0.25) is 0 Å². The normalized spacial score (nSPS) is 10.6. The fraction of sp³-hybridized carbons (Fsp3) is 0.0476. The lowest BCUT2D eigenvalue weighted by atomic mass is 10.0. The average Bonchev–Trinajstić information content (AvgIpc) is 3.10. The van der Waals surface area contributed by atoms with Crippen molar-refractivity contribution in [2.45, 2.75) is 6.92 Å². The number of hydrogen-bond donors (Lipinski definition) is 2. The van der Waals surface area contributed by atoms with Gasteiger partial charge in [0, 0.05) is 47.0 Å². The molecule has 2 aromatic heterocycles. The Bertz CT molecular complexity index is 1140. The number of nitrogens with one attached hydrogen (secondary N) is 2. The van der Waals surface area contributed by atoms with Crippen LogP contribution in [0.3, 0.4) is 0 Å². The number of rotatable bonds is 5. The molecule has 0 saturated heterocycles. The minimum Gasteiger partial charge on any atom is -0.364 e. The highest BCUT2D eigenvalue weighted by molar-refractivity contribution is 5.84. The van der Waals surface area contributed by atoms with Crippen LogP contribution in [0.5, 0.6) is 0 Å². The summed E-state index contributed by atoms with van der Waals surface area (Å²) in [5.74, 6) is 0.373. The van der Waals surface area contributed by atoms with Gasteiger partial charge >= 0.3 is 0 Å². The number of aromatic nitrogens is 3. The average molecular weight is 371 g/mol. The molecule has 138 valence electrons. The van der Waals surface area contributed by atoms with Crippen LogP contribution in [-0.2, 0) is 0 Å². The number of nitrogens with zero attached hydrogens (tertiary/aromatic N) is 3. The Kier molecular flexibility index (Phi) is 4.55. The number of nitro groups is 1. The van der Waals surface area contributed by atoms with E-state index in [0.717, 1.165) is 28.1 Å². The van der Waals surface area contributed by atoms with Crippen LogP contribution >= 0.6 is 0 Å². The van der Waals surface area contributed by atoms with Crippen molar-refractivity contribution in [1.29, 1.82) is 0 Å². The first-order valence-corrected chi connectivity index (χ1v) is 8.70. The highest BCUT2D eigenvalue weighted by Crippen LogP contribution is 2.34. The molecule has 0 radical (unpaired) electrons. The maximum absolute atomic E-state index is 11.0. The standard InChI is InChI=1S/C21H17N5O2/c1-14-20(18(13-23-14)15-6-3-2-4-7-15)19-10-11-22-21(25-19)24-16-8-5-9-17(12-16)26(27)28/h2-13,23H,1H3,(H,22,24,25). The highest BCUT2D eigenvalue weighted by atomic mass is 16.6. The van der Waals surface area contributed by atoms with Gasteiger partial charge in [0.05, 0.1) is 10.6 Å². The molecule has 2 aromatic carbocycles. The zero-order valence-electron chi connectivity index (χ0n) is 15.1. The van der Waals surface area contributed by atoms with Crippen molar-refractivity contribution in [1.82, 2.24) is 15.0 Å². The molecule has 0 aliphatic rings. The summed E-state index contributed by atoms with van der Waals surface area (Å²) in [5, 5.41) is 14.0. The molecule has 28 heavy (non-hydrogen) atoms. The second-order valence-corrected chi connectivity index (χ2v) is 6.27. The van der Waals surface area contributed by atoms with E-state index in [1.807, 2.05) is 37.4 Å². The summed E-state index contributed by atoms with van der Waals surface area (Å²) < 4.78 is 0. The van der Waals surface area contributed by atoms with Crippen LogP contribution in [-0.4, -0.2) is 19.9 Å². The van der Waals surface area contributed by atoms with Gasteiger partial charge in [-0.1, -0.05) is 36.4 Å². The number of benzene rings is 2. The lowest BCUT2D eigenvalue weighted by molar-refractivity contribution is -0.384. The molecule has 2 N–H and O–H groups in total. The first-order valence-electron chi connectivity index (χ1n) is 8.70. The predicted octanol–water partition coefficient (Wildman–Crippen LogP) is 5.10.